The molecule has 1 aromatic rings. The zero-order valence-corrected chi connectivity index (χ0v) is 13.6. The fourth-order valence-electron chi connectivity index (χ4n) is 3.06. The zero-order valence-electron chi connectivity index (χ0n) is 13.6. The molecule has 2 nitrogen and oxygen atoms in total. The van der Waals surface area contributed by atoms with E-state index in [1.54, 1.807) is 0 Å². The molecule has 0 fully saturated rings. The Morgan fingerprint density at radius 3 is 2.19 bits per heavy atom. The van der Waals surface area contributed by atoms with Gasteiger partial charge in [0.2, 0.25) is 0 Å². The molecule has 0 N–H and O–H groups in total. The summed E-state index contributed by atoms with van der Waals surface area (Å²) in [5, 5.41) is 8.71. The van der Waals surface area contributed by atoms with Crippen LogP contribution in [-0.4, -0.2) is 6.61 Å². The summed E-state index contributed by atoms with van der Waals surface area (Å²) in [6.45, 7) is 11.7. The maximum absolute atomic E-state index is 8.71. The largest absolute Gasteiger partial charge is 0.493 e. The molecule has 2 heteroatoms. The van der Waals surface area contributed by atoms with Crippen molar-refractivity contribution in [3.05, 3.63) is 28.8 Å². The van der Waals surface area contributed by atoms with Crippen LogP contribution in [0.25, 0.3) is 0 Å². The number of hydrogen-bond acceptors (Lipinski definition) is 2. The van der Waals surface area contributed by atoms with Crippen LogP contribution in [0, 0.1) is 23.2 Å². The Morgan fingerprint density at radius 2 is 1.67 bits per heavy atom. The lowest BCUT2D eigenvalue weighted by atomic mass is 9.63. The van der Waals surface area contributed by atoms with Crippen molar-refractivity contribution in [3.8, 4) is 23.7 Å². The highest BCUT2D eigenvalue weighted by atomic mass is 16.5. The van der Waals surface area contributed by atoms with E-state index in [2.05, 4.69) is 51.7 Å². The van der Waals surface area contributed by atoms with Gasteiger partial charge in [-0.25, -0.2) is 0 Å². The maximum atomic E-state index is 8.71. The molecule has 0 saturated carbocycles. The van der Waals surface area contributed by atoms with Crippen molar-refractivity contribution in [2.24, 2.45) is 0 Å². The van der Waals surface area contributed by atoms with Crippen molar-refractivity contribution < 1.29 is 4.74 Å². The quantitative estimate of drug-likeness (QED) is 0.757. The topological polar surface area (TPSA) is 33.0 Å². The van der Waals surface area contributed by atoms with E-state index in [0.717, 1.165) is 17.7 Å². The summed E-state index contributed by atoms with van der Waals surface area (Å²) in [6, 6.07) is 6.16. The Kier molecular flexibility index (Phi) is 4.02. The molecule has 0 heterocycles. The molecule has 1 aromatic carbocycles. The lowest BCUT2D eigenvalue weighted by Crippen LogP contribution is -2.34. The van der Waals surface area contributed by atoms with E-state index in [4.69, 9.17) is 10.00 Å². The van der Waals surface area contributed by atoms with Crippen molar-refractivity contribution in [2.45, 2.75) is 58.3 Å². The van der Waals surface area contributed by atoms with E-state index >= 15 is 0 Å². The van der Waals surface area contributed by atoms with Gasteiger partial charge in [0.25, 0.3) is 0 Å². The number of rotatable bonds is 2. The van der Waals surface area contributed by atoms with E-state index in [1.165, 1.54) is 17.5 Å². The van der Waals surface area contributed by atoms with Gasteiger partial charge in [-0.2, -0.15) is 5.26 Å². The monoisotopic (exact) mass is 281 g/mol. The molecule has 0 spiro atoms. The van der Waals surface area contributed by atoms with Crippen molar-refractivity contribution >= 4 is 0 Å². The minimum absolute atomic E-state index is 0.138. The number of hydrogen-bond donors (Lipinski definition) is 0. The molecule has 1 aliphatic rings. The van der Waals surface area contributed by atoms with Crippen molar-refractivity contribution in [1.82, 2.24) is 0 Å². The van der Waals surface area contributed by atoms with Gasteiger partial charge in [0.1, 0.15) is 5.75 Å². The molecular formula is C19H23NO. The van der Waals surface area contributed by atoms with Crippen LogP contribution < -0.4 is 4.74 Å². The Labute approximate surface area is 128 Å². The summed E-state index contributed by atoms with van der Waals surface area (Å²) in [5.41, 5.74) is 3.80. The van der Waals surface area contributed by atoms with Crippen molar-refractivity contribution in [2.75, 3.05) is 6.61 Å². The van der Waals surface area contributed by atoms with Crippen LogP contribution in [0.15, 0.2) is 12.1 Å². The summed E-state index contributed by atoms with van der Waals surface area (Å²) in [6.07, 6.45) is 2.33. The van der Waals surface area contributed by atoms with Gasteiger partial charge in [-0.1, -0.05) is 27.7 Å². The minimum atomic E-state index is 0.138. The summed E-state index contributed by atoms with van der Waals surface area (Å²) in [4.78, 5) is 0. The average molecular weight is 281 g/mol. The van der Waals surface area contributed by atoms with E-state index in [1.807, 2.05) is 13.0 Å². The number of benzene rings is 1. The number of ether oxygens (including phenoxy) is 1. The maximum Gasteiger partial charge on any atom is 0.152 e. The van der Waals surface area contributed by atoms with Crippen LogP contribution in [0.4, 0.5) is 0 Å². The van der Waals surface area contributed by atoms with Crippen LogP contribution in [0.3, 0.4) is 0 Å². The molecule has 2 rings (SSSR count). The molecule has 0 aromatic heterocycles. The Balaban J connectivity index is 2.69. The molecule has 0 saturated heterocycles. The van der Waals surface area contributed by atoms with Crippen LogP contribution in [-0.2, 0) is 10.8 Å². The fraction of sp³-hybridized carbons (Fsp3) is 0.526. The second kappa shape index (κ2) is 5.45. The first-order valence-electron chi connectivity index (χ1n) is 7.54. The Bertz CT molecular complexity index is 651. The smallest absolute Gasteiger partial charge is 0.152 e. The standard InChI is InChI=1S/C19H23NO/c1-6-21-17-13-16-15(12-14(17)8-7-11-20)18(2,3)9-10-19(16,4)5/h12-13H,6,9-10H2,1-5H3. The first kappa shape index (κ1) is 15.5. The predicted octanol–water partition coefficient (Wildman–Crippen LogP) is 4.31. The third kappa shape index (κ3) is 2.91. The summed E-state index contributed by atoms with van der Waals surface area (Å²) in [7, 11) is 0. The van der Waals surface area contributed by atoms with Gasteiger partial charge in [-0.05, 0) is 59.8 Å². The predicted molar refractivity (Wildman–Crippen MR) is 85.4 cm³/mol. The third-order valence-corrected chi connectivity index (χ3v) is 4.51. The fourth-order valence-corrected chi connectivity index (χ4v) is 3.06. The van der Waals surface area contributed by atoms with Crippen LogP contribution in [0.2, 0.25) is 0 Å². The number of fused-ring (bicyclic) bond motifs is 1. The molecule has 0 aliphatic heterocycles. The summed E-state index contributed by atoms with van der Waals surface area (Å²) >= 11 is 0. The molecule has 0 radical (unpaired) electrons. The number of nitriles is 1. The SMILES string of the molecule is CCOc1cc2c(cc1C#CC#N)C(C)(C)CCC2(C)C. The highest BCUT2D eigenvalue weighted by molar-refractivity contribution is 5.56. The Hall–Kier alpha value is -1.93. The van der Waals surface area contributed by atoms with Crippen molar-refractivity contribution in [1.29, 1.82) is 5.26 Å². The van der Waals surface area contributed by atoms with Gasteiger partial charge in [-0.3, -0.25) is 0 Å². The molecule has 21 heavy (non-hydrogen) atoms. The first-order valence-corrected chi connectivity index (χ1v) is 7.54. The Morgan fingerprint density at radius 1 is 1.10 bits per heavy atom. The van der Waals surface area contributed by atoms with Gasteiger partial charge in [0.15, 0.2) is 6.07 Å². The summed E-state index contributed by atoms with van der Waals surface area (Å²) < 4.78 is 5.75. The van der Waals surface area contributed by atoms with Gasteiger partial charge < -0.3 is 4.74 Å². The molecular weight excluding hydrogens is 258 g/mol. The van der Waals surface area contributed by atoms with E-state index in [0.29, 0.717) is 6.61 Å². The van der Waals surface area contributed by atoms with Crippen LogP contribution in [0.1, 0.15) is 64.2 Å². The van der Waals surface area contributed by atoms with Gasteiger partial charge >= 0.3 is 0 Å². The molecule has 0 bridgehead atoms. The van der Waals surface area contributed by atoms with Crippen LogP contribution >= 0.6 is 0 Å². The van der Waals surface area contributed by atoms with E-state index in [9.17, 15) is 0 Å². The zero-order chi connectivity index (χ0) is 15.7. The molecule has 0 amide bonds. The highest BCUT2D eigenvalue weighted by Gasteiger charge is 2.37. The lowest BCUT2D eigenvalue weighted by molar-refractivity contribution is 0.318. The lowest BCUT2D eigenvalue weighted by Gasteiger charge is -2.42. The van der Waals surface area contributed by atoms with Crippen LogP contribution in [0.5, 0.6) is 5.75 Å². The van der Waals surface area contributed by atoms with Crippen molar-refractivity contribution in [3.63, 3.8) is 0 Å². The summed E-state index contributed by atoms with van der Waals surface area (Å²) in [5.74, 6) is 6.22. The van der Waals surface area contributed by atoms with E-state index < -0.39 is 0 Å². The molecule has 0 atom stereocenters. The number of nitrogens with zero attached hydrogens (tertiary/aromatic N) is 1. The third-order valence-electron chi connectivity index (χ3n) is 4.51. The molecule has 0 unspecified atom stereocenters. The second-order valence-corrected chi connectivity index (χ2v) is 6.96. The highest BCUT2D eigenvalue weighted by Crippen LogP contribution is 2.47. The minimum Gasteiger partial charge on any atom is -0.493 e. The molecule has 110 valence electrons. The molecule has 1 aliphatic carbocycles. The normalized spacial score (nSPS) is 17.9. The van der Waals surface area contributed by atoms with Gasteiger partial charge in [0.05, 0.1) is 12.2 Å². The first-order chi connectivity index (χ1) is 9.81. The van der Waals surface area contributed by atoms with Gasteiger partial charge in [-0.15, -0.1) is 0 Å². The van der Waals surface area contributed by atoms with E-state index in [-0.39, 0.29) is 10.8 Å². The van der Waals surface area contributed by atoms with Gasteiger partial charge in [0, 0.05) is 5.92 Å². The average Bonchev–Trinajstić information content (AvgIpc) is 2.42. The second-order valence-electron chi connectivity index (χ2n) is 6.96.